The van der Waals surface area contributed by atoms with Crippen LogP contribution in [-0.2, 0) is 27.2 Å². The fraction of sp³-hybridized carbons (Fsp3) is 1.00. The summed E-state index contributed by atoms with van der Waals surface area (Å²) in [4.78, 5) is 17.3. The average molecular weight is 541 g/mol. The molecule has 0 bridgehead atoms. The molecule has 8 nitrogen and oxygen atoms in total. The van der Waals surface area contributed by atoms with Gasteiger partial charge in [-0.05, 0) is 27.7 Å². The summed E-state index contributed by atoms with van der Waals surface area (Å²) in [6, 6.07) is 0. The van der Waals surface area contributed by atoms with E-state index in [1.165, 1.54) is 25.7 Å². The Hall–Kier alpha value is 1.02. The van der Waals surface area contributed by atoms with Gasteiger partial charge >= 0.3 is 85.2 Å². The number of hydrogen-bond donors (Lipinski definition) is 2. The van der Waals surface area contributed by atoms with Gasteiger partial charge in [0.15, 0.2) is 0 Å². The van der Waals surface area contributed by atoms with Crippen molar-refractivity contribution in [2.75, 3.05) is 26.4 Å². The number of rotatable bonds is 14. The van der Waals surface area contributed by atoms with Crippen molar-refractivity contribution in [3.05, 3.63) is 0 Å². The van der Waals surface area contributed by atoms with E-state index in [-0.39, 0.29) is 47.6 Å². The molecule has 0 aliphatic rings. The van der Waals surface area contributed by atoms with Crippen molar-refractivity contribution in [1.82, 2.24) is 0 Å². The maximum absolute atomic E-state index is 10.5. The van der Waals surface area contributed by atoms with Crippen LogP contribution in [0, 0.1) is 0 Å². The van der Waals surface area contributed by atoms with Gasteiger partial charge in [-0.2, -0.15) is 0 Å². The number of phosphoric ester groups is 2. The van der Waals surface area contributed by atoms with Gasteiger partial charge in [0.2, 0.25) is 0 Å². The third-order valence-corrected chi connectivity index (χ3v) is 8.96. The fourth-order valence-corrected chi connectivity index (χ4v) is 7.07. The second kappa shape index (κ2) is 23.3. The standard InChI is InChI=1S/2C4H11O4P.2C4H9.Sn/c2*1-3-7-9(5,6)8-4-2;2*1-3-4-2;/h2*3-4H2,1-2H3,(H,5,6);2*1,3-4H2,2H3;. The first kappa shape index (κ1) is 32.7. The van der Waals surface area contributed by atoms with Crippen molar-refractivity contribution in [2.24, 2.45) is 0 Å². The zero-order valence-electron chi connectivity index (χ0n) is 17.8. The van der Waals surface area contributed by atoms with E-state index in [0.717, 1.165) is 0 Å². The molecule has 0 saturated carbocycles. The van der Waals surface area contributed by atoms with Gasteiger partial charge in [0.25, 0.3) is 0 Å². The molecule has 0 aromatic rings. The number of phosphoric acid groups is 2. The molecule has 0 rings (SSSR count). The second-order valence-electron chi connectivity index (χ2n) is 5.07. The quantitative estimate of drug-likeness (QED) is 0.170. The van der Waals surface area contributed by atoms with Gasteiger partial charge in [0, 0.05) is 0 Å². The molecular weight excluding hydrogens is 501 g/mol. The van der Waals surface area contributed by atoms with Gasteiger partial charge < -0.3 is 9.79 Å². The minimum Gasteiger partial charge on any atom is -0.302 e. The van der Waals surface area contributed by atoms with Crippen LogP contribution in [0.2, 0.25) is 8.87 Å². The third kappa shape index (κ3) is 31.9. The molecule has 0 aliphatic heterocycles. The summed E-state index contributed by atoms with van der Waals surface area (Å²) in [5, 5.41) is 0. The van der Waals surface area contributed by atoms with E-state index in [2.05, 4.69) is 31.9 Å². The van der Waals surface area contributed by atoms with Crippen LogP contribution in [0.15, 0.2) is 0 Å². The summed E-state index contributed by atoms with van der Waals surface area (Å²) in [5.41, 5.74) is 0. The van der Waals surface area contributed by atoms with Crippen molar-refractivity contribution in [3.8, 4) is 0 Å². The molecule has 2 radical (unpaired) electrons. The van der Waals surface area contributed by atoms with Gasteiger partial charge in [-0.3, -0.25) is 18.1 Å². The largest absolute Gasteiger partial charge is 0.472 e. The Morgan fingerprint density at radius 2 is 0.889 bits per heavy atom. The Morgan fingerprint density at radius 1 is 0.630 bits per heavy atom. The minimum absolute atomic E-state index is 0.149. The van der Waals surface area contributed by atoms with Gasteiger partial charge in [0.05, 0.1) is 26.4 Å². The van der Waals surface area contributed by atoms with Crippen LogP contribution < -0.4 is 0 Å². The van der Waals surface area contributed by atoms with Crippen LogP contribution >= 0.6 is 15.6 Å². The van der Waals surface area contributed by atoms with E-state index in [4.69, 9.17) is 9.79 Å². The molecular formula is C16H40O8P2Sn. The first-order valence-corrected chi connectivity index (χ1v) is 16.6. The smallest absolute Gasteiger partial charge is 0.302 e. The normalized spacial score (nSPS) is 11.3. The predicted octanol–water partition coefficient (Wildman–Crippen LogP) is 5.45. The summed E-state index contributed by atoms with van der Waals surface area (Å²) in [6.07, 6.45) is 5.84. The van der Waals surface area contributed by atoms with Crippen molar-refractivity contribution in [1.29, 1.82) is 0 Å². The maximum Gasteiger partial charge on any atom is 0.472 e. The van der Waals surface area contributed by atoms with Crippen molar-refractivity contribution < 1.29 is 37.0 Å². The maximum atomic E-state index is 10.5. The topological polar surface area (TPSA) is 112 Å². The van der Waals surface area contributed by atoms with Crippen molar-refractivity contribution in [2.45, 2.75) is 76.1 Å². The molecule has 0 amide bonds. The van der Waals surface area contributed by atoms with E-state index in [9.17, 15) is 9.13 Å². The molecule has 0 heterocycles. The van der Waals surface area contributed by atoms with Crippen LogP contribution in [0.25, 0.3) is 0 Å². The molecule has 11 heteroatoms. The summed E-state index contributed by atoms with van der Waals surface area (Å²) < 4.78 is 41.7. The molecule has 0 aromatic heterocycles. The van der Waals surface area contributed by atoms with Crippen LogP contribution in [-0.4, -0.2) is 57.4 Å². The summed E-state index contributed by atoms with van der Waals surface area (Å²) >= 11 is 0.149. The summed E-state index contributed by atoms with van der Waals surface area (Å²) in [5.74, 6) is 0. The van der Waals surface area contributed by atoms with E-state index in [0.29, 0.717) is 0 Å². The first-order valence-electron chi connectivity index (χ1n) is 9.60. The molecule has 0 aliphatic carbocycles. The zero-order valence-corrected chi connectivity index (χ0v) is 22.5. The van der Waals surface area contributed by atoms with Gasteiger partial charge in [-0.15, -0.1) is 0 Å². The molecule has 27 heavy (non-hydrogen) atoms. The van der Waals surface area contributed by atoms with Crippen LogP contribution in [0.3, 0.4) is 0 Å². The average Bonchev–Trinajstić information content (AvgIpc) is 2.55. The zero-order chi connectivity index (χ0) is 21.6. The van der Waals surface area contributed by atoms with Gasteiger partial charge in [0.1, 0.15) is 0 Å². The monoisotopic (exact) mass is 542 g/mol. The Balaban J connectivity index is -0.000000320. The Morgan fingerprint density at radius 3 is 1.07 bits per heavy atom. The van der Waals surface area contributed by atoms with E-state index in [1.54, 1.807) is 36.6 Å². The van der Waals surface area contributed by atoms with Crippen LogP contribution in [0.4, 0.5) is 0 Å². The first-order chi connectivity index (χ1) is 12.7. The van der Waals surface area contributed by atoms with Gasteiger partial charge in [-0.25, -0.2) is 9.13 Å². The SMILES string of the molecule is CCC[CH2][Sn][CH2]CCC.CCOP(=O)(O)OCC.CCOP(=O)(O)OCC. The third-order valence-electron chi connectivity index (χ3n) is 2.58. The van der Waals surface area contributed by atoms with Crippen LogP contribution in [0.1, 0.15) is 67.2 Å². The van der Waals surface area contributed by atoms with Crippen molar-refractivity contribution >= 4 is 36.8 Å². The van der Waals surface area contributed by atoms with Gasteiger partial charge in [-0.1, -0.05) is 0 Å². The molecule has 0 unspecified atom stereocenters. The summed E-state index contributed by atoms with van der Waals surface area (Å²) in [6.45, 7) is 11.8. The molecule has 0 saturated heterocycles. The van der Waals surface area contributed by atoms with E-state index in [1.807, 2.05) is 0 Å². The number of unbranched alkanes of at least 4 members (excludes halogenated alkanes) is 2. The number of hydrogen-bond acceptors (Lipinski definition) is 6. The molecule has 2 N–H and O–H groups in total. The van der Waals surface area contributed by atoms with E-state index < -0.39 is 15.6 Å². The molecule has 0 atom stereocenters. The molecule has 0 fully saturated rings. The Bertz CT molecular complexity index is 331. The minimum atomic E-state index is -3.69. The molecule has 0 aromatic carbocycles. The van der Waals surface area contributed by atoms with E-state index >= 15 is 0 Å². The fourth-order valence-electron chi connectivity index (χ4n) is 1.46. The van der Waals surface area contributed by atoms with Crippen LogP contribution in [0.5, 0.6) is 0 Å². The summed E-state index contributed by atoms with van der Waals surface area (Å²) in [7, 11) is -7.39. The Kier molecular flexibility index (Phi) is 28.2. The molecule has 166 valence electrons. The van der Waals surface area contributed by atoms with Crippen molar-refractivity contribution in [3.63, 3.8) is 0 Å². The molecule has 0 spiro atoms. The Labute approximate surface area is 176 Å². The second-order valence-corrected chi connectivity index (χ2v) is 12.3. The predicted molar refractivity (Wildman–Crippen MR) is 111 cm³/mol.